The maximum absolute atomic E-state index is 12.9. The number of nitrogen functional groups attached to an aromatic ring is 1. The van der Waals surface area contributed by atoms with Gasteiger partial charge in [-0.2, -0.15) is 4.31 Å². The number of hydrogen-bond acceptors (Lipinski definition) is 6. The molecule has 0 amide bonds. The molecule has 8 nitrogen and oxygen atoms in total. The maximum Gasteiger partial charge on any atom is 0.263 e. The second-order valence-corrected chi connectivity index (χ2v) is 6.90. The van der Waals surface area contributed by atoms with Gasteiger partial charge in [-0.05, 0) is 19.2 Å². The van der Waals surface area contributed by atoms with Crippen molar-refractivity contribution >= 4 is 21.5 Å². The Labute approximate surface area is 123 Å². The van der Waals surface area contributed by atoms with Gasteiger partial charge in [0.25, 0.3) is 10.0 Å². The highest BCUT2D eigenvalue weighted by Gasteiger charge is 2.33. The van der Waals surface area contributed by atoms with Gasteiger partial charge in [0.2, 0.25) is 5.03 Å². The SMILES string of the molecule is CN1CCN(S(=O)(=O)c2c(NN)nc3ccccn23)CC1. The Morgan fingerprint density at radius 3 is 2.62 bits per heavy atom. The third kappa shape index (κ3) is 2.38. The van der Waals surface area contributed by atoms with Crippen molar-refractivity contribution in [1.82, 2.24) is 18.6 Å². The monoisotopic (exact) mass is 310 g/mol. The number of nitrogens with two attached hydrogens (primary N) is 1. The molecule has 21 heavy (non-hydrogen) atoms. The Morgan fingerprint density at radius 2 is 1.95 bits per heavy atom. The van der Waals surface area contributed by atoms with Crippen LogP contribution in [0, 0.1) is 0 Å². The first-order chi connectivity index (χ1) is 10.0. The molecule has 0 spiro atoms. The second-order valence-electron chi connectivity index (χ2n) is 5.05. The van der Waals surface area contributed by atoms with Crippen LogP contribution in [0.1, 0.15) is 0 Å². The first-order valence-corrected chi connectivity index (χ1v) is 8.10. The normalized spacial score (nSPS) is 18.2. The number of pyridine rings is 1. The third-order valence-electron chi connectivity index (χ3n) is 3.67. The van der Waals surface area contributed by atoms with Gasteiger partial charge in [0.1, 0.15) is 5.65 Å². The Kier molecular flexibility index (Phi) is 3.57. The Morgan fingerprint density at radius 1 is 1.24 bits per heavy atom. The number of nitrogens with one attached hydrogen (secondary N) is 1. The van der Waals surface area contributed by atoms with E-state index in [0.29, 0.717) is 31.8 Å². The number of aromatic nitrogens is 2. The molecule has 2 aromatic rings. The third-order valence-corrected chi connectivity index (χ3v) is 5.59. The molecule has 3 rings (SSSR count). The molecular weight excluding hydrogens is 292 g/mol. The zero-order valence-corrected chi connectivity index (χ0v) is 12.5. The smallest absolute Gasteiger partial charge is 0.263 e. The second kappa shape index (κ2) is 5.26. The minimum Gasteiger partial charge on any atom is -0.306 e. The Hall–Kier alpha value is -1.68. The average molecular weight is 310 g/mol. The summed E-state index contributed by atoms with van der Waals surface area (Å²) >= 11 is 0. The fourth-order valence-electron chi connectivity index (χ4n) is 2.46. The number of likely N-dealkylation sites (N-methyl/N-ethyl adjacent to an activating group) is 1. The summed E-state index contributed by atoms with van der Waals surface area (Å²) in [5.41, 5.74) is 2.93. The lowest BCUT2D eigenvalue weighted by Crippen LogP contribution is -2.47. The number of sulfonamides is 1. The van der Waals surface area contributed by atoms with E-state index in [0.717, 1.165) is 0 Å². The quantitative estimate of drug-likeness (QED) is 0.589. The zero-order chi connectivity index (χ0) is 15.0. The summed E-state index contributed by atoms with van der Waals surface area (Å²) in [6, 6.07) is 5.30. The highest BCUT2D eigenvalue weighted by Crippen LogP contribution is 2.25. The predicted molar refractivity (Wildman–Crippen MR) is 79.3 cm³/mol. The van der Waals surface area contributed by atoms with Gasteiger partial charge in [-0.1, -0.05) is 6.07 Å². The molecule has 0 saturated carbocycles. The van der Waals surface area contributed by atoms with Crippen LogP contribution in [0.4, 0.5) is 5.82 Å². The van der Waals surface area contributed by atoms with E-state index in [1.807, 2.05) is 7.05 Å². The first-order valence-electron chi connectivity index (χ1n) is 6.66. The number of rotatable bonds is 3. The molecule has 0 bridgehead atoms. The molecule has 1 saturated heterocycles. The van der Waals surface area contributed by atoms with Crippen molar-refractivity contribution in [3.63, 3.8) is 0 Å². The maximum atomic E-state index is 12.9. The first kappa shape index (κ1) is 14.3. The van der Waals surface area contributed by atoms with Crippen LogP contribution in [-0.2, 0) is 10.0 Å². The molecule has 0 radical (unpaired) electrons. The van der Waals surface area contributed by atoms with Crippen LogP contribution in [0.5, 0.6) is 0 Å². The lowest BCUT2D eigenvalue weighted by atomic mass is 10.4. The van der Waals surface area contributed by atoms with Gasteiger partial charge in [0, 0.05) is 32.4 Å². The van der Waals surface area contributed by atoms with Crippen LogP contribution in [0.15, 0.2) is 29.4 Å². The van der Waals surface area contributed by atoms with E-state index >= 15 is 0 Å². The van der Waals surface area contributed by atoms with Crippen molar-refractivity contribution in [2.75, 3.05) is 38.7 Å². The molecule has 0 aliphatic carbocycles. The molecule has 0 aromatic carbocycles. The van der Waals surface area contributed by atoms with Crippen molar-refractivity contribution in [2.45, 2.75) is 5.03 Å². The summed E-state index contributed by atoms with van der Waals surface area (Å²) < 4.78 is 28.8. The fraction of sp³-hybridized carbons (Fsp3) is 0.417. The summed E-state index contributed by atoms with van der Waals surface area (Å²) in [6.45, 7) is 2.34. The minimum atomic E-state index is -3.65. The number of fused-ring (bicyclic) bond motifs is 1. The van der Waals surface area contributed by atoms with E-state index in [1.54, 1.807) is 28.8 Å². The van der Waals surface area contributed by atoms with Gasteiger partial charge in [0.05, 0.1) is 0 Å². The van der Waals surface area contributed by atoms with Crippen molar-refractivity contribution in [2.24, 2.45) is 5.84 Å². The topological polar surface area (TPSA) is 96.0 Å². The van der Waals surface area contributed by atoms with Gasteiger partial charge in [-0.25, -0.2) is 19.2 Å². The number of imidazole rings is 1. The zero-order valence-electron chi connectivity index (χ0n) is 11.7. The van der Waals surface area contributed by atoms with Crippen molar-refractivity contribution in [3.8, 4) is 0 Å². The Bertz CT molecular complexity index is 748. The molecule has 9 heteroatoms. The molecule has 2 aromatic heterocycles. The lowest BCUT2D eigenvalue weighted by molar-refractivity contribution is 0.222. The molecule has 0 unspecified atom stereocenters. The summed E-state index contributed by atoms with van der Waals surface area (Å²) in [5.74, 6) is 5.61. The molecule has 1 aliphatic heterocycles. The summed E-state index contributed by atoms with van der Waals surface area (Å²) in [4.78, 5) is 6.32. The largest absolute Gasteiger partial charge is 0.306 e. The molecule has 3 heterocycles. The van der Waals surface area contributed by atoms with E-state index < -0.39 is 10.0 Å². The van der Waals surface area contributed by atoms with Crippen molar-refractivity contribution in [3.05, 3.63) is 24.4 Å². The van der Waals surface area contributed by atoms with Gasteiger partial charge in [0.15, 0.2) is 5.82 Å². The van der Waals surface area contributed by atoms with Gasteiger partial charge in [-0.15, -0.1) is 0 Å². The number of hydrogen-bond donors (Lipinski definition) is 2. The molecule has 0 atom stereocenters. The predicted octanol–water partition coefficient (Wildman–Crippen LogP) is -0.444. The van der Waals surface area contributed by atoms with Crippen LogP contribution in [0.3, 0.4) is 0 Å². The van der Waals surface area contributed by atoms with Gasteiger partial charge in [-0.3, -0.25) is 4.40 Å². The van der Waals surface area contributed by atoms with Crippen LogP contribution in [0.2, 0.25) is 0 Å². The number of nitrogens with zero attached hydrogens (tertiary/aromatic N) is 4. The van der Waals surface area contributed by atoms with E-state index in [1.165, 1.54) is 4.31 Å². The van der Waals surface area contributed by atoms with E-state index in [9.17, 15) is 8.42 Å². The molecular formula is C12H18N6O2S. The highest BCUT2D eigenvalue weighted by molar-refractivity contribution is 7.89. The van der Waals surface area contributed by atoms with Crippen molar-refractivity contribution < 1.29 is 8.42 Å². The van der Waals surface area contributed by atoms with Crippen LogP contribution in [0.25, 0.3) is 5.65 Å². The summed E-state index contributed by atoms with van der Waals surface area (Å²) in [5, 5.41) is 0.0881. The molecule has 114 valence electrons. The van der Waals surface area contributed by atoms with E-state index in [-0.39, 0.29) is 10.8 Å². The molecule has 3 N–H and O–H groups in total. The van der Waals surface area contributed by atoms with E-state index in [2.05, 4.69) is 15.3 Å². The summed E-state index contributed by atoms with van der Waals surface area (Å²) in [6.07, 6.45) is 1.67. The lowest BCUT2D eigenvalue weighted by Gasteiger charge is -2.31. The van der Waals surface area contributed by atoms with Crippen molar-refractivity contribution in [1.29, 1.82) is 0 Å². The van der Waals surface area contributed by atoms with Crippen LogP contribution >= 0.6 is 0 Å². The highest BCUT2D eigenvalue weighted by atomic mass is 32.2. The number of piperazine rings is 1. The van der Waals surface area contributed by atoms with Gasteiger partial charge >= 0.3 is 0 Å². The molecule has 1 aliphatic rings. The minimum absolute atomic E-state index is 0.0881. The molecule has 1 fully saturated rings. The number of anilines is 1. The van der Waals surface area contributed by atoms with E-state index in [4.69, 9.17) is 5.84 Å². The van der Waals surface area contributed by atoms with Gasteiger partial charge < -0.3 is 10.3 Å². The summed E-state index contributed by atoms with van der Waals surface area (Å²) in [7, 11) is -1.67. The number of hydrazine groups is 1. The van der Waals surface area contributed by atoms with Crippen LogP contribution < -0.4 is 11.3 Å². The van der Waals surface area contributed by atoms with Crippen LogP contribution in [-0.4, -0.2) is 60.2 Å². The standard InChI is InChI=1S/C12H18N6O2S/c1-16-6-8-17(9-7-16)21(19,20)12-11(15-13)14-10-4-2-3-5-18(10)12/h2-5,15H,6-9,13H2,1H3. The average Bonchev–Trinajstić information content (AvgIpc) is 2.87. The Balaban J connectivity index is 2.10. The fourth-order valence-corrected chi connectivity index (χ4v) is 4.11.